The molecular formula is C13H26N2O. The van der Waals surface area contributed by atoms with Crippen LogP contribution in [-0.2, 0) is 0 Å². The van der Waals surface area contributed by atoms with Crippen LogP contribution in [-0.4, -0.2) is 24.8 Å². The Hall–Kier alpha value is -0.590. The van der Waals surface area contributed by atoms with E-state index in [1.54, 1.807) is 0 Å². The lowest BCUT2D eigenvalue weighted by atomic mass is 9.88. The van der Waals surface area contributed by atoms with Gasteiger partial charge < -0.3 is 10.4 Å². The van der Waals surface area contributed by atoms with Crippen molar-refractivity contribution >= 4 is 0 Å². The molecule has 0 radical (unpaired) electrons. The fourth-order valence-electron chi connectivity index (χ4n) is 1.62. The molecule has 0 saturated carbocycles. The first kappa shape index (κ1) is 15.4. The van der Waals surface area contributed by atoms with Crippen molar-refractivity contribution in [2.24, 2.45) is 5.41 Å². The second kappa shape index (κ2) is 9.62. The Labute approximate surface area is 99.9 Å². The first-order valence-electron chi connectivity index (χ1n) is 6.31. The fourth-order valence-corrected chi connectivity index (χ4v) is 1.62. The van der Waals surface area contributed by atoms with E-state index >= 15 is 0 Å². The Balaban J connectivity index is 3.33. The lowest BCUT2D eigenvalue weighted by molar-refractivity contribution is 0.281. The molecule has 0 fully saturated rings. The van der Waals surface area contributed by atoms with Gasteiger partial charge in [-0.3, -0.25) is 0 Å². The van der Waals surface area contributed by atoms with E-state index in [1.807, 2.05) is 0 Å². The minimum Gasteiger partial charge on any atom is -0.396 e. The zero-order chi connectivity index (χ0) is 12.3. The molecule has 2 N–H and O–H groups in total. The number of nitrogens with zero attached hydrogens (tertiary/aromatic N) is 1. The molecule has 0 bridgehead atoms. The maximum atomic E-state index is 8.62. The molecule has 0 aliphatic heterocycles. The van der Waals surface area contributed by atoms with E-state index in [2.05, 4.69) is 25.2 Å². The van der Waals surface area contributed by atoms with Crippen LogP contribution in [0.2, 0.25) is 0 Å². The topological polar surface area (TPSA) is 56.0 Å². The van der Waals surface area contributed by atoms with Gasteiger partial charge in [-0.1, -0.05) is 26.7 Å². The second-order valence-electron chi connectivity index (χ2n) is 5.14. The van der Waals surface area contributed by atoms with Crippen LogP contribution in [0.1, 0.15) is 52.4 Å². The summed E-state index contributed by atoms with van der Waals surface area (Å²) in [5.41, 5.74) is 0.223. The smallest absolute Gasteiger partial charge is 0.0621 e. The third-order valence-corrected chi connectivity index (χ3v) is 2.78. The maximum absolute atomic E-state index is 8.62. The SMILES string of the molecule is CC(C)(CCC#N)CNCCCCCCO. The molecular weight excluding hydrogens is 200 g/mol. The van der Waals surface area contributed by atoms with Gasteiger partial charge in [0.1, 0.15) is 0 Å². The van der Waals surface area contributed by atoms with Crippen molar-refractivity contribution in [3.05, 3.63) is 0 Å². The number of hydrogen-bond donors (Lipinski definition) is 2. The van der Waals surface area contributed by atoms with E-state index in [0.29, 0.717) is 13.0 Å². The Kier molecular flexibility index (Phi) is 9.27. The zero-order valence-electron chi connectivity index (χ0n) is 10.8. The lowest BCUT2D eigenvalue weighted by Gasteiger charge is -2.23. The van der Waals surface area contributed by atoms with Gasteiger partial charge in [-0.15, -0.1) is 0 Å². The van der Waals surface area contributed by atoms with Crippen LogP contribution in [0.3, 0.4) is 0 Å². The molecule has 0 aromatic carbocycles. The Morgan fingerprint density at radius 3 is 2.50 bits per heavy atom. The summed E-state index contributed by atoms with van der Waals surface area (Å²) in [5, 5.41) is 20.6. The van der Waals surface area contributed by atoms with E-state index in [4.69, 9.17) is 10.4 Å². The average Bonchev–Trinajstić information content (AvgIpc) is 2.25. The highest BCUT2D eigenvalue weighted by Gasteiger charge is 2.16. The highest BCUT2D eigenvalue weighted by molar-refractivity contribution is 4.78. The summed E-state index contributed by atoms with van der Waals surface area (Å²) in [6, 6.07) is 2.20. The number of rotatable bonds is 10. The van der Waals surface area contributed by atoms with E-state index in [1.165, 1.54) is 12.8 Å². The van der Waals surface area contributed by atoms with Crippen LogP contribution in [0.25, 0.3) is 0 Å². The molecule has 0 rings (SSSR count). The molecule has 0 heterocycles. The molecule has 3 nitrogen and oxygen atoms in total. The number of hydrogen-bond acceptors (Lipinski definition) is 3. The van der Waals surface area contributed by atoms with Gasteiger partial charge in [-0.05, 0) is 31.2 Å². The lowest BCUT2D eigenvalue weighted by Crippen LogP contribution is -2.30. The zero-order valence-corrected chi connectivity index (χ0v) is 10.8. The van der Waals surface area contributed by atoms with Crippen LogP contribution in [0.5, 0.6) is 0 Å². The van der Waals surface area contributed by atoms with E-state index in [9.17, 15) is 0 Å². The van der Waals surface area contributed by atoms with Crippen LogP contribution < -0.4 is 5.32 Å². The van der Waals surface area contributed by atoms with Crippen molar-refractivity contribution in [1.82, 2.24) is 5.32 Å². The Bertz CT molecular complexity index is 197. The summed E-state index contributed by atoms with van der Waals surface area (Å²) in [7, 11) is 0. The van der Waals surface area contributed by atoms with Crippen molar-refractivity contribution in [3.8, 4) is 6.07 Å². The van der Waals surface area contributed by atoms with Crippen molar-refractivity contribution in [2.45, 2.75) is 52.4 Å². The van der Waals surface area contributed by atoms with E-state index in [0.717, 1.165) is 32.4 Å². The van der Waals surface area contributed by atoms with Gasteiger partial charge in [0.05, 0.1) is 6.07 Å². The summed E-state index contributed by atoms with van der Waals surface area (Å²) in [6.45, 7) is 6.73. The summed E-state index contributed by atoms with van der Waals surface area (Å²) in [4.78, 5) is 0. The predicted octanol–water partition coefficient (Wildman–Crippen LogP) is 2.46. The van der Waals surface area contributed by atoms with Gasteiger partial charge in [0.25, 0.3) is 0 Å². The van der Waals surface area contributed by atoms with Gasteiger partial charge in [0.15, 0.2) is 0 Å². The molecule has 3 heteroatoms. The normalized spacial score (nSPS) is 11.4. The molecule has 0 aromatic rings. The molecule has 0 amide bonds. The number of unbranched alkanes of at least 4 members (excludes halogenated alkanes) is 3. The molecule has 16 heavy (non-hydrogen) atoms. The maximum Gasteiger partial charge on any atom is 0.0621 e. The Morgan fingerprint density at radius 1 is 1.19 bits per heavy atom. The fraction of sp³-hybridized carbons (Fsp3) is 0.923. The molecule has 0 saturated heterocycles. The summed E-state index contributed by atoms with van der Waals surface area (Å²) in [6.07, 6.45) is 6.01. The largest absolute Gasteiger partial charge is 0.396 e. The van der Waals surface area contributed by atoms with Gasteiger partial charge in [0, 0.05) is 19.6 Å². The highest BCUT2D eigenvalue weighted by atomic mass is 16.2. The minimum absolute atomic E-state index is 0.223. The van der Waals surface area contributed by atoms with Crippen LogP contribution in [0.4, 0.5) is 0 Å². The third kappa shape index (κ3) is 9.95. The number of aliphatic hydroxyl groups excluding tert-OH is 1. The second-order valence-corrected chi connectivity index (χ2v) is 5.14. The van der Waals surface area contributed by atoms with Crippen LogP contribution >= 0.6 is 0 Å². The van der Waals surface area contributed by atoms with E-state index in [-0.39, 0.29) is 5.41 Å². The number of nitrogens with one attached hydrogen (secondary N) is 1. The summed E-state index contributed by atoms with van der Waals surface area (Å²) >= 11 is 0. The van der Waals surface area contributed by atoms with Gasteiger partial charge in [-0.2, -0.15) is 5.26 Å². The molecule has 0 aromatic heterocycles. The monoisotopic (exact) mass is 226 g/mol. The molecule has 0 aliphatic carbocycles. The molecule has 0 unspecified atom stereocenters. The average molecular weight is 226 g/mol. The minimum atomic E-state index is 0.223. The van der Waals surface area contributed by atoms with Crippen molar-refractivity contribution < 1.29 is 5.11 Å². The van der Waals surface area contributed by atoms with Crippen molar-refractivity contribution in [3.63, 3.8) is 0 Å². The van der Waals surface area contributed by atoms with Gasteiger partial charge in [-0.25, -0.2) is 0 Å². The first-order valence-corrected chi connectivity index (χ1v) is 6.31. The van der Waals surface area contributed by atoms with Crippen LogP contribution in [0.15, 0.2) is 0 Å². The number of nitriles is 1. The summed E-state index contributed by atoms with van der Waals surface area (Å²) in [5.74, 6) is 0. The van der Waals surface area contributed by atoms with Crippen molar-refractivity contribution in [2.75, 3.05) is 19.7 Å². The quantitative estimate of drug-likeness (QED) is 0.563. The van der Waals surface area contributed by atoms with Gasteiger partial charge >= 0.3 is 0 Å². The first-order chi connectivity index (χ1) is 7.62. The van der Waals surface area contributed by atoms with Crippen molar-refractivity contribution in [1.29, 1.82) is 5.26 Å². The standard InChI is InChI=1S/C13H26N2O/c1-13(2,8-7-9-14)12-15-10-5-3-4-6-11-16/h15-16H,3-8,10-12H2,1-2H3. The highest BCUT2D eigenvalue weighted by Crippen LogP contribution is 2.20. The van der Waals surface area contributed by atoms with Crippen LogP contribution in [0, 0.1) is 16.7 Å². The molecule has 0 atom stereocenters. The number of aliphatic hydroxyl groups is 1. The predicted molar refractivity (Wildman–Crippen MR) is 67.1 cm³/mol. The molecule has 94 valence electrons. The molecule has 0 aliphatic rings. The van der Waals surface area contributed by atoms with E-state index < -0.39 is 0 Å². The van der Waals surface area contributed by atoms with Gasteiger partial charge in [0.2, 0.25) is 0 Å². The summed E-state index contributed by atoms with van der Waals surface area (Å²) < 4.78 is 0. The third-order valence-electron chi connectivity index (χ3n) is 2.78. The Morgan fingerprint density at radius 2 is 1.88 bits per heavy atom. The molecule has 0 spiro atoms.